The molecule has 2 aliphatic rings. The van der Waals surface area contributed by atoms with E-state index in [9.17, 15) is 0 Å². The van der Waals surface area contributed by atoms with E-state index in [0.717, 1.165) is 24.3 Å². The van der Waals surface area contributed by atoms with Crippen LogP contribution < -0.4 is 5.32 Å². The lowest BCUT2D eigenvalue weighted by atomic mass is 9.71. The van der Waals surface area contributed by atoms with Gasteiger partial charge in [-0.2, -0.15) is 0 Å². The number of nitrogens with one attached hydrogen (secondary N) is 1. The second-order valence-electron chi connectivity index (χ2n) is 5.62. The van der Waals surface area contributed by atoms with Crippen LogP contribution in [0.1, 0.15) is 46.5 Å². The average molecular weight is 195 g/mol. The van der Waals surface area contributed by atoms with Crippen LogP contribution in [-0.4, -0.2) is 13.1 Å². The molecule has 14 heavy (non-hydrogen) atoms. The van der Waals surface area contributed by atoms with Gasteiger partial charge >= 0.3 is 0 Å². The Hall–Kier alpha value is -0.0400. The van der Waals surface area contributed by atoms with Crippen LogP contribution in [0, 0.1) is 23.2 Å². The Balaban J connectivity index is 1.97. The van der Waals surface area contributed by atoms with Gasteiger partial charge in [-0.3, -0.25) is 0 Å². The molecule has 2 fully saturated rings. The van der Waals surface area contributed by atoms with Gasteiger partial charge in [0.2, 0.25) is 0 Å². The Morgan fingerprint density at radius 3 is 2.43 bits per heavy atom. The van der Waals surface area contributed by atoms with E-state index in [0.29, 0.717) is 5.41 Å². The van der Waals surface area contributed by atoms with E-state index in [4.69, 9.17) is 0 Å². The van der Waals surface area contributed by atoms with E-state index < -0.39 is 0 Å². The van der Waals surface area contributed by atoms with Gasteiger partial charge in [0.05, 0.1) is 0 Å². The van der Waals surface area contributed by atoms with Gasteiger partial charge in [0.25, 0.3) is 0 Å². The molecule has 3 unspecified atom stereocenters. The molecule has 0 aromatic carbocycles. The van der Waals surface area contributed by atoms with Crippen LogP contribution >= 0.6 is 0 Å². The minimum Gasteiger partial charge on any atom is -0.316 e. The van der Waals surface area contributed by atoms with Crippen LogP contribution in [0.3, 0.4) is 0 Å². The number of hydrogen-bond acceptors (Lipinski definition) is 1. The van der Waals surface area contributed by atoms with Gasteiger partial charge in [-0.15, -0.1) is 0 Å². The van der Waals surface area contributed by atoms with Crippen LogP contribution in [-0.2, 0) is 0 Å². The van der Waals surface area contributed by atoms with Crippen molar-refractivity contribution in [1.29, 1.82) is 0 Å². The normalized spacial score (nSPS) is 42.2. The predicted octanol–water partition coefficient (Wildman–Crippen LogP) is 3.06. The van der Waals surface area contributed by atoms with E-state index in [1.165, 1.54) is 25.8 Å². The highest BCUT2D eigenvalue weighted by Gasteiger charge is 2.54. The third-order valence-corrected chi connectivity index (χ3v) is 4.79. The number of fused-ring (bicyclic) bond motifs is 1. The first-order valence-corrected chi connectivity index (χ1v) is 6.42. The van der Waals surface area contributed by atoms with Crippen molar-refractivity contribution in [2.24, 2.45) is 23.2 Å². The van der Waals surface area contributed by atoms with Crippen molar-refractivity contribution >= 4 is 0 Å². The summed E-state index contributed by atoms with van der Waals surface area (Å²) < 4.78 is 0. The third-order valence-electron chi connectivity index (χ3n) is 4.79. The first-order chi connectivity index (χ1) is 6.72. The summed E-state index contributed by atoms with van der Waals surface area (Å²) in [5.74, 6) is 3.14. The molecule has 1 nitrogen and oxygen atoms in total. The molecule has 0 saturated heterocycles. The summed E-state index contributed by atoms with van der Waals surface area (Å²) in [5.41, 5.74) is 0.665. The molecule has 0 radical (unpaired) electrons. The maximum atomic E-state index is 3.59. The molecule has 3 atom stereocenters. The van der Waals surface area contributed by atoms with Gasteiger partial charge in [-0.25, -0.2) is 0 Å². The van der Waals surface area contributed by atoms with Crippen molar-refractivity contribution in [2.75, 3.05) is 13.1 Å². The summed E-state index contributed by atoms with van der Waals surface area (Å²) in [6, 6.07) is 0. The first-order valence-electron chi connectivity index (χ1n) is 6.42. The third kappa shape index (κ3) is 1.71. The Labute approximate surface area is 88.7 Å². The standard InChI is InChI=1S/C13H25N/c1-4-10(3)13(9-14-5-2)7-11-6-12(11)8-13/h10-12,14H,4-9H2,1-3H3. The van der Waals surface area contributed by atoms with E-state index in [1.54, 1.807) is 6.42 Å². The molecule has 1 N–H and O–H groups in total. The fraction of sp³-hybridized carbons (Fsp3) is 1.00. The molecule has 0 bridgehead atoms. The van der Waals surface area contributed by atoms with Gasteiger partial charge in [0.1, 0.15) is 0 Å². The molecule has 82 valence electrons. The quantitative estimate of drug-likeness (QED) is 0.711. The molecule has 0 heterocycles. The molecule has 2 saturated carbocycles. The van der Waals surface area contributed by atoms with Crippen LogP contribution in [0.2, 0.25) is 0 Å². The van der Waals surface area contributed by atoms with Crippen molar-refractivity contribution in [1.82, 2.24) is 5.32 Å². The van der Waals surface area contributed by atoms with Gasteiger partial charge in [0, 0.05) is 6.54 Å². The van der Waals surface area contributed by atoms with Crippen molar-refractivity contribution in [3.63, 3.8) is 0 Å². The van der Waals surface area contributed by atoms with Crippen molar-refractivity contribution in [3.05, 3.63) is 0 Å². The lowest BCUT2D eigenvalue weighted by Crippen LogP contribution is -2.38. The fourth-order valence-electron chi connectivity index (χ4n) is 3.47. The van der Waals surface area contributed by atoms with Gasteiger partial charge < -0.3 is 5.32 Å². The molecule has 0 aromatic heterocycles. The lowest BCUT2D eigenvalue weighted by molar-refractivity contribution is 0.150. The minimum absolute atomic E-state index is 0.665. The molecule has 0 aromatic rings. The zero-order valence-electron chi connectivity index (χ0n) is 9.97. The summed E-state index contributed by atoms with van der Waals surface area (Å²) in [6.07, 6.45) is 5.93. The topological polar surface area (TPSA) is 12.0 Å². The minimum atomic E-state index is 0.665. The van der Waals surface area contributed by atoms with Crippen LogP contribution in [0.5, 0.6) is 0 Å². The summed E-state index contributed by atoms with van der Waals surface area (Å²) >= 11 is 0. The summed E-state index contributed by atoms with van der Waals surface area (Å²) in [6.45, 7) is 9.43. The Morgan fingerprint density at radius 1 is 1.29 bits per heavy atom. The highest BCUT2D eigenvalue weighted by atomic mass is 14.9. The summed E-state index contributed by atoms with van der Waals surface area (Å²) in [4.78, 5) is 0. The highest BCUT2D eigenvalue weighted by molar-refractivity contribution is 5.05. The van der Waals surface area contributed by atoms with E-state index >= 15 is 0 Å². The largest absolute Gasteiger partial charge is 0.316 e. The Kier molecular flexibility index (Phi) is 2.88. The van der Waals surface area contributed by atoms with Crippen molar-refractivity contribution < 1.29 is 0 Å². The van der Waals surface area contributed by atoms with E-state index in [-0.39, 0.29) is 0 Å². The smallest absolute Gasteiger partial charge is 0.00105 e. The zero-order valence-corrected chi connectivity index (χ0v) is 9.97. The SMILES string of the molecule is CCNCC1(C(C)CC)CC2CC2C1. The molecule has 0 aliphatic heterocycles. The molecule has 0 amide bonds. The van der Waals surface area contributed by atoms with E-state index in [1.807, 2.05) is 0 Å². The Bertz CT molecular complexity index is 189. The molecular formula is C13H25N. The molecule has 1 heteroatoms. The first kappa shape index (κ1) is 10.5. The zero-order chi connectivity index (χ0) is 10.2. The maximum Gasteiger partial charge on any atom is 0.00105 e. The summed E-state index contributed by atoms with van der Waals surface area (Å²) in [5, 5.41) is 3.59. The second kappa shape index (κ2) is 3.84. The van der Waals surface area contributed by atoms with Crippen LogP contribution in [0.4, 0.5) is 0 Å². The number of hydrogen-bond donors (Lipinski definition) is 1. The predicted molar refractivity (Wildman–Crippen MR) is 61.3 cm³/mol. The van der Waals surface area contributed by atoms with Crippen molar-refractivity contribution in [2.45, 2.75) is 46.5 Å². The summed E-state index contributed by atoms with van der Waals surface area (Å²) in [7, 11) is 0. The van der Waals surface area contributed by atoms with Crippen molar-refractivity contribution in [3.8, 4) is 0 Å². The second-order valence-corrected chi connectivity index (χ2v) is 5.62. The maximum absolute atomic E-state index is 3.59. The van der Waals surface area contributed by atoms with Gasteiger partial charge in [-0.1, -0.05) is 27.2 Å². The van der Waals surface area contributed by atoms with Crippen LogP contribution in [0.25, 0.3) is 0 Å². The van der Waals surface area contributed by atoms with E-state index in [2.05, 4.69) is 26.1 Å². The Morgan fingerprint density at radius 2 is 1.93 bits per heavy atom. The molecular weight excluding hydrogens is 170 g/mol. The average Bonchev–Trinajstić information content (AvgIpc) is 2.82. The highest BCUT2D eigenvalue weighted by Crippen LogP contribution is 2.62. The fourth-order valence-corrected chi connectivity index (χ4v) is 3.47. The van der Waals surface area contributed by atoms with Gasteiger partial charge in [0.15, 0.2) is 0 Å². The van der Waals surface area contributed by atoms with Crippen LogP contribution in [0.15, 0.2) is 0 Å². The number of rotatable bonds is 5. The van der Waals surface area contributed by atoms with Gasteiger partial charge in [-0.05, 0) is 49.0 Å². The molecule has 2 rings (SSSR count). The molecule has 2 aliphatic carbocycles. The molecule has 0 spiro atoms. The monoisotopic (exact) mass is 195 g/mol. The lowest BCUT2D eigenvalue weighted by Gasteiger charge is -2.37.